The molecule has 2 nitrogen and oxygen atoms in total. The van der Waals surface area contributed by atoms with E-state index in [4.69, 9.17) is 0 Å². The first-order valence-electron chi connectivity index (χ1n) is 4.12. The fourth-order valence-corrected chi connectivity index (χ4v) is 1.35. The predicted octanol–water partition coefficient (Wildman–Crippen LogP) is 1.03. The van der Waals surface area contributed by atoms with Crippen LogP contribution in [-0.4, -0.2) is 23.9 Å². The van der Waals surface area contributed by atoms with Gasteiger partial charge in [-0.3, -0.25) is 0 Å². The Bertz CT molecular complexity index is 247. The molecule has 63 valence electrons. The third-order valence-electron chi connectivity index (χ3n) is 1.99. The Morgan fingerprint density at radius 1 is 1.42 bits per heavy atom. The van der Waals surface area contributed by atoms with Gasteiger partial charge in [0.15, 0.2) is 0 Å². The van der Waals surface area contributed by atoms with E-state index in [1.807, 2.05) is 5.94 Å². The third-order valence-corrected chi connectivity index (χ3v) is 1.99. The standard InChI is InChI=1S/C10H12NO/c1-2-3-6-10(9-12)11-7-4-5-8-11/h1,4-8H2. The van der Waals surface area contributed by atoms with Crippen LogP contribution < -0.4 is 0 Å². The second kappa shape index (κ2) is 4.64. The molecule has 0 aromatic heterocycles. The van der Waals surface area contributed by atoms with E-state index in [9.17, 15) is 4.79 Å². The molecule has 0 saturated carbocycles. The summed E-state index contributed by atoms with van der Waals surface area (Å²) in [6.45, 7) is 5.35. The highest BCUT2D eigenvalue weighted by Crippen LogP contribution is 2.14. The molecule has 0 aliphatic carbocycles. The number of hydrogen-bond acceptors (Lipinski definition) is 2. The van der Waals surface area contributed by atoms with Gasteiger partial charge in [-0.15, -0.1) is 5.92 Å². The van der Waals surface area contributed by atoms with E-state index in [2.05, 4.69) is 23.7 Å². The van der Waals surface area contributed by atoms with Crippen molar-refractivity contribution in [3.63, 3.8) is 0 Å². The summed E-state index contributed by atoms with van der Waals surface area (Å²) in [6.07, 6.45) is 2.83. The Balaban J connectivity index is 2.54. The van der Waals surface area contributed by atoms with Gasteiger partial charge < -0.3 is 4.90 Å². The Morgan fingerprint density at radius 2 is 2.08 bits per heavy atom. The molecule has 1 rings (SSSR count). The number of carbonyl (C=O) groups excluding carboxylic acids is 1. The lowest BCUT2D eigenvalue weighted by Crippen LogP contribution is -2.18. The van der Waals surface area contributed by atoms with E-state index in [0.717, 1.165) is 13.1 Å². The first kappa shape index (κ1) is 8.90. The summed E-state index contributed by atoms with van der Waals surface area (Å²) in [6, 6.07) is 0. The molecule has 0 unspecified atom stereocenters. The van der Waals surface area contributed by atoms with Crippen LogP contribution in [0.4, 0.5) is 0 Å². The lowest BCUT2D eigenvalue weighted by Gasteiger charge is -2.15. The zero-order valence-corrected chi connectivity index (χ0v) is 7.10. The maximum Gasteiger partial charge on any atom is 0.146 e. The zero-order chi connectivity index (χ0) is 8.81. The maximum atomic E-state index is 10.5. The van der Waals surface area contributed by atoms with Gasteiger partial charge in [0.1, 0.15) is 11.6 Å². The van der Waals surface area contributed by atoms with Crippen molar-refractivity contribution in [2.75, 3.05) is 13.1 Å². The number of likely N-dealkylation sites (tertiary alicyclic amines) is 1. The molecule has 2 heteroatoms. The van der Waals surface area contributed by atoms with Crippen LogP contribution in [0.15, 0.2) is 5.70 Å². The first-order chi connectivity index (χ1) is 5.88. The van der Waals surface area contributed by atoms with Crippen LogP contribution in [0.1, 0.15) is 19.3 Å². The molecular formula is C10H12NO. The molecule has 1 heterocycles. The maximum absolute atomic E-state index is 10.5. The Labute approximate surface area is 73.2 Å². The second-order valence-electron chi connectivity index (χ2n) is 2.77. The average Bonchev–Trinajstić information content (AvgIpc) is 2.59. The predicted molar refractivity (Wildman–Crippen MR) is 47.8 cm³/mol. The molecule has 1 fully saturated rings. The van der Waals surface area contributed by atoms with Crippen LogP contribution in [-0.2, 0) is 4.79 Å². The second-order valence-corrected chi connectivity index (χ2v) is 2.77. The van der Waals surface area contributed by atoms with Gasteiger partial charge in [0.25, 0.3) is 0 Å². The van der Waals surface area contributed by atoms with E-state index in [0.29, 0.717) is 12.1 Å². The van der Waals surface area contributed by atoms with Gasteiger partial charge in [-0.1, -0.05) is 5.92 Å². The van der Waals surface area contributed by atoms with Crippen molar-refractivity contribution in [2.24, 2.45) is 0 Å². The summed E-state index contributed by atoms with van der Waals surface area (Å²) >= 11 is 0. The Kier molecular flexibility index (Phi) is 3.44. The smallest absolute Gasteiger partial charge is 0.146 e. The molecule has 1 aliphatic heterocycles. The average molecular weight is 162 g/mol. The number of allylic oxidation sites excluding steroid dienone is 1. The van der Waals surface area contributed by atoms with Crippen molar-refractivity contribution in [2.45, 2.75) is 19.3 Å². The summed E-state index contributed by atoms with van der Waals surface area (Å²) < 4.78 is 0. The SMILES string of the molecule is [CH2]C#CCC(=C=O)N1CCCC1. The molecule has 0 amide bonds. The molecule has 1 radical (unpaired) electrons. The molecule has 0 aromatic rings. The largest absolute Gasteiger partial charge is 0.365 e. The number of nitrogens with zero attached hydrogens (tertiary/aromatic N) is 1. The van der Waals surface area contributed by atoms with Gasteiger partial charge in [-0.05, 0) is 12.8 Å². The molecule has 1 aliphatic rings. The van der Waals surface area contributed by atoms with Crippen LogP contribution in [0.3, 0.4) is 0 Å². The van der Waals surface area contributed by atoms with Crippen LogP contribution in [0.5, 0.6) is 0 Å². The fraction of sp³-hybridized carbons (Fsp3) is 0.500. The lowest BCUT2D eigenvalue weighted by molar-refractivity contribution is 0.420. The molecule has 0 aromatic carbocycles. The van der Waals surface area contributed by atoms with Gasteiger partial charge in [-0.2, -0.15) is 0 Å². The minimum atomic E-state index is 0.493. The van der Waals surface area contributed by atoms with Gasteiger partial charge >= 0.3 is 0 Å². The van der Waals surface area contributed by atoms with Gasteiger partial charge in [0, 0.05) is 20.0 Å². The topological polar surface area (TPSA) is 20.3 Å². The number of rotatable bonds is 2. The lowest BCUT2D eigenvalue weighted by atomic mass is 10.3. The highest BCUT2D eigenvalue weighted by Gasteiger charge is 2.14. The Hall–Kier alpha value is -1.19. The summed E-state index contributed by atoms with van der Waals surface area (Å²) in [7, 11) is 0. The van der Waals surface area contributed by atoms with Crippen LogP contribution in [0, 0.1) is 18.8 Å². The minimum absolute atomic E-state index is 0.493. The van der Waals surface area contributed by atoms with Crippen LogP contribution in [0.25, 0.3) is 0 Å². The van der Waals surface area contributed by atoms with Crippen molar-refractivity contribution >= 4 is 5.94 Å². The van der Waals surface area contributed by atoms with Crippen molar-refractivity contribution in [1.29, 1.82) is 0 Å². The van der Waals surface area contributed by atoms with Crippen molar-refractivity contribution in [3.8, 4) is 11.8 Å². The molecular weight excluding hydrogens is 150 g/mol. The van der Waals surface area contributed by atoms with Crippen LogP contribution in [0.2, 0.25) is 0 Å². The minimum Gasteiger partial charge on any atom is -0.365 e. The highest BCUT2D eigenvalue weighted by molar-refractivity contribution is 5.52. The van der Waals surface area contributed by atoms with Crippen molar-refractivity contribution in [1.82, 2.24) is 4.90 Å². The summed E-state index contributed by atoms with van der Waals surface area (Å²) in [4.78, 5) is 12.6. The van der Waals surface area contributed by atoms with E-state index < -0.39 is 0 Å². The monoisotopic (exact) mass is 162 g/mol. The summed E-state index contributed by atoms with van der Waals surface area (Å²) in [5.41, 5.74) is 0.684. The normalized spacial score (nSPS) is 14.9. The molecule has 12 heavy (non-hydrogen) atoms. The quantitative estimate of drug-likeness (QED) is 0.446. The van der Waals surface area contributed by atoms with Gasteiger partial charge in [0.05, 0.1) is 6.42 Å². The fourth-order valence-electron chi connectivity index (χ4n) is 1.35. The van der Waals surface area contributed by atoms with E-state index in [-0.39, 0.29) is 0 Å². The Morgan fingerprint density at radius 3 is 2.58 bits per heavy atom. The van der Waals surface area contributed by atoms with E-state index >= 15 is 0 Å². The highest BCUT2D eigenvalue weighted by atomic mass is 16.1. The van der Waals surface area contributed by atoms with Crippen LogP contribution >= 0.6 is 0 Å². The molecule has 0 spiro atoms. The number of hydrogen-bond donors (Lipinski definition) is 0. The van der Waals surface area contributed by atoms with Crippen molar-refractivity contribution in [3.05, 3.63) is 12.6 Å². The summed E-state index contributed by atoms with van der Waals surface area (Å²) in [5.74, 6) is 7.24. The zero-order valence-electron chi connectivity index (χ0n) is 7.10. The van der Waals surface area contributed by atoms with Gasteiger partial charge in [0.2, 0.25) is 0 Å². The van der Waals surface area contributed by atoms with Crippen molar-refractivity contribution < 1.29 is 4.79 Å². The third kappa shape index (κ3) is 2.15. The molecule has 1 saturated heterocycles. The molecule has 0 N–H and O–H groups in total. The molecule has 0 atom stereocenters. The summed E-state index contributed by atoms with van der Waals surface area (Å²) in [5, 5.41) is 0. The van der Waals surface area contributed by atoms with E-state index in [1.165, 1.54) is 12.8 Å². The molecule has 0 bridgehead atoms. The first-order valence-corrected chi connectivity index (χ1v) is 4.12. The van der Waals surface area contributed by atoms with E-state index in [1.54, 1.807) is 0 Å². The van der Waals surface area contributed by atoms with Gasteiger partial charge in [-0.25, -0.2) is 4.79 Å².